The highest BCUT2D eigenvalue weighted by Gasteiger charge is 2.21. The molecule has 3 rings (SSSR count). The minimum Gasteiger partial charge on any atom is -0.494 e. The van der Waals surface area contributed by atoms with Crippen molar-refractivity contribution in [2.45, 2.75) is 71.6 Å². The molecule has 0 unspecified atom stereocenters. The normalized spacial score (nSPS) is 18.2. The lowest BCUT2D eigenvalue weighted by atomic mass is 9.92. The fourth-order valence-electron chi connectivity index (χ4n) is 5.05. The van der Waals surface area contributed by atoms with Crippen molar-refractivity contribution < 1.29 is 4.74 Å². The number of hydrazone groups is 1. The molecule has 1 aromatic carbocycles. The maximum Gasteiger partial charge on any atom is 0.215 e. The minimum absolute atomic E-state index is 0.555. The van der Waals surface area contributed by atoms with Gasteiger partial charge in [0.25, 0.3) is 0 Å². The second-order valence-corrected chi connectivity index (χ2v) is 9.63. The molecule has 0 aliphatic carbocycles. The van der Waals surface area contributed by atoms with Gasteiger partial charge < -0.3 is 20.3 Å². The van der Waals surface area contributed by atoms with Crippen LogP contribution >= 0.6 is 0 Å². The highest BCUT2D eigenvalue weighted by atomic mass is 16.5. The van der Waals surface area contributed by atoms with Gasteiger partial charge in [0, 0.05) is 19.6 Å². The van der Waals surface area contributed by atoms with Crippen LogP contribution in [0.5, 0.6) is 5.75 Å². The Kier molecular flexibility index (Phi) is 10.6. The van der Waals surface area contributed by atoms with Gasteiger partial charge in [-0.1, -0.05) is 26.3 Å². The monoisotopic (exact) mass is 458 g/mol. The molecule has 0 atom stereocenters. The van der Waals surface area contributed by atoms with Gasteiger partial charge in [0.15, 0.2) is 0 Å². The van der Waals surface area contributed by atoms with Crippen molar-refractivity contribution in [2.75, 3.05) is 45.9 Å². The van der Waals surface area contributed by atoms with Crippen LogP contribution in [0.1, 0.15) is 69.9 Å². The van der Waals surface area contributed by atoms with Crippen LogP contribution in [0.3, 0.4) is 0 Å². The average Bonchev–Trinajstić information content (AvgIpc) is 3.35. The summed E-state index contributed by atoms with van der Waals surface area (Å²) in [5.74, 6) is 8.37. The van der Waals surface area contributed by atoms with Crippen molar-refractivity contribution in [3.63, 3.8) is 0 Å². The minimum atomic E-state index is 0.555. The largest absolute Gasteiger partial charge is 0.494 e. The number of hydrazine groups is 1. The lowest BCUT2D eigenvalue weighted by molar-refractivity contribution is 0.214. The quantitative estimate of drug-likeness (QED) is 0.164. The van der Waals surface area contributed by atoms with Crippen molar-refractivity contribution >= 4 is 5.96 Å². The number of rotatable bonds is 12. The number of ether oxygens (including phenoxy) is 1. The van der Waals surface area contributed by atoms with E-state index in [1.165, 1.54) is 55.0 Å². The Bertz CT molecular complexity index is 725. The smallest absolute Gasteiger partial charge is 0.215 e. The standard InChI is InChI=1S/C26H46N6O/c1-3-8-24-21-25(11-10-23(24)4-2)33-20-7-9-22-12-16-31(17-13-22)26(27)29-32(28)19-18-30-14-5-6-15-30/h10-11,21-22H,3-9,12-20,28H2,1-2H3,(H2,27,29). The molecule has 0 amide bonds. The first-order valence-electron chi connectivity index (χ1n) is 13.2. The van der Waals surface area contributed by atoms with E-state index >= 15 is 0 Å². The van der Waals surface area contributed by atoms with Crippen LogP contribution in [0.15, 0.2) is 23.3 Å². The van der Waals surface area contributed by atoms with Crippen LogP contribution in [-0.4, -0.2) is 66.8 Å². The lowest BCUT2D eigenvalue weighted by Crippen LogP contribution is -2.45. The molecule has 186 valence electrons. The summed E-state index contributed by atoms with van der Waals surface area (Å²) in [5.41, 5.74) is 9.13. The Hall–Kier alpha value is -1.99. The van der Waals surface area contributed by atoms with E-state index in [0.29, 0.717) is 5.96 Å². The molecule has 0 radical (unpaired) electrons. The zero-order chi connectivity index (χ0) is 23.5. The predicted octanol–water partition coefficient (Wildman–Crippen LogP) is 3.57. The summed E-state index contributed by atoms with van der Waals surface area (Å²) in [6.07, 6.45) is 10.6. The number of piperidine rings is 1. The number of likely N-dealkylation sites (tertiary alicyclic amines) is 2. The number of hydrogen-bond acceptors (Lipinski definition) is 5. The van der Waals surface area contributed by atoms with Crippen LogP contribution in [0.4, 0.5) is 0 Å². The topological polar surface area (TPSA) is 83.3 Å². The molecule has 33 heavy (non-hydrogen) atoms. The van der Waals surface area contributed by atoms with E-state index in [1.54, 1.807) is 0 Å². The lowest BCUT2D eigenvalue weighted by Gasteiger charge is -2.33. The van der Waals surface area contributed by atoms with Gasteiger partial charge in [-0.05, 0) is 93.6 Å². The van der Waals surface area contributed by atoms with E-state index in [4.69, 9.17) is 16.3 Å². The van der Waals surface area contributed by atoms with Crippen molar-refractivity contribution in [3.05, 3.63) is 29.3 Å². The summed E-state index contributed by atoms with van der Waals surface area (Å²) < 4.78 is 6.07. The van der Waals surface area contributed by atoms with Gasteiger partial charge in [0.1, 0.15) is 5.75 Å². The van der Waals surface area contributed by atoms with Crippen LogP contribution in [0, 0.1) is 5.92 Å². The van der Waals surface area contributed by atoms with Gasteiger partial charge in [0.2, 0.25) is 5.96 Å². The Morgan fingerprint density at radius 3 is 2.58 bits per heavy atom. The number of benzene rings is 1. The number of nitrogens with zero attached hydrogens (tertiary/aromatic N) is 4. The number of aryl methyl sites for hydroxylation is 2. The first kappa shape index (κ1) is 25.6. The molecule has 0 spiro atoms. The van der Waals surface area contributed by atoms with E-state index in [9.17, 15) is 0 Å². The zero-order valence-electron chi connectivity index (χ0n) is 21.0. The first-order valence-corrected chi connectivity index (χ1v) is 13.2. The Labute approximate surface area is 201 Å². The van der Waals surface area contributed by atoms with Crippen molar-refractivity contribution in [1.29, 1.82) is 0 Å². The highest BCUT2D eigenvalue weighted by Crippen LogP contribution is 2.23. The van der Waals surface area contributed by atoms with E-state index in [0.717, 1.165) is 76.6 Å². The summed E-state index contributed by atoms with van der Waals surface area (Å²) in [5, 5.41) is 5.92. The van der Waals surface area contributed by atoms with Crippen molar-refractivity contribution in [2.24, 2.45) is 22.6 Å². The fourth-order valence-corrected chi connectivity index (χ4v) is 5.05. The summed E-state index contributed by atoms with van der Waals surface area (Å²) >= 11 is 0. The average molecular weight is 459 g/mol. The van der Waals surface area contributed by atoms with E-state index in [2.05, 4.69) is 46.9 Å². The third-order valence-corrected chi connectivity index (χ3v) is 7.12. The molecular formula is C26H46N6O. The maximum absolute atomic E-state index is 6.24. The summed E-state index contributed by atoms with van der Waals surface area (Å²) in [6, 6.07) is 6.61. The molecule has 0 aromatic heterocycles. The fraction of sp³-hybridized carbons (Fsp3) is 0.731. The van der Waals surface area contributed by atoms with E-state index < -0.39 is 0 Å². The van der Waals surface area contributed by atoms with Crippen LogP contribution < -0.4 is 16.3 Å². The van der Waals surface area contributed by atoms with Crippen LogP contribution in [0.2, 0.25) is 0 Å². The Balaban J connectivity index is 1.32. The third-order valence-electron chi connectivity index (χ3n) is 7.12. The highest BCUT2D eigenvalue weighted by molar-refractivity contribution is 5.77. The van der Waals surface area contributed by atoms with Crippen molar-refractivity contribution in [3.8, 4) is 5.75 Å². The Morgan fingerprint density at radius 2 is 1.88 bits per heavy atom. The number of guanidine groups is 1. The van der Waals surface area contributed by atoms with Gasteiger partial charge in [-0.3, -0.25) is 0 Å². The first-order chi connectivity index (χ1) is 16.1. The second kappa shape index (κ2) is 13.7. The number of hydrogen-bond donors (Lipinski definition) is 2. The van der Waals surface area contributed by atoms with Crippen LogP contribution in [-0.2, 0) is 12.8 Å². The molecule has 7 heteroatoms. The Morgan fingerprint density at radius 1 is 1.12 bits per heavy atom. The summed E-state index contributed by atoms with van der Waals surface area (Å²) in [4.78, 5) is 4.61. The molecule has 0 saturated carbocycles. The van der Waals surface area contributed by atoms with Gasteiger partial charge in [-0.2, -0.15) is 0 Å². The van der Waals surface area contributed by atoms with Gasteiger partial charge in [-0.25, -0.2) is 11.0 Å². The molecule has 2 heterocycles. The third kappa shape index (κ3) is 8.38. The molecule has 2 aliphatic heterocycles. The molecule has 0 bridgehead atoms. The maximum atomic E-state index is 6.24. The van der Waals surface area contributed by atoms with Crippen molar-refractivity contribution in [1.82, 2.24) is 14.9 Å². The molecule has 2 fully saturated rings. The van der Waals surface area contributed by atoms with E-state index in [1.807, 2.05) is 0 Å². The second-order valence-electron chi connectivity index (χ2n) is 9.63. The van der Waals surface area contributed by atoms with Crippen LogP contribution in [0.25, 0.3) is 0 Å². The summed E-state index contributed by atoms with van der Waals surface area (Å²) in [7, 11) is 0. The van der Waals surface area contributed by atoms with Gasteiger partial charge in [0.05, 0.1) is 13.2 Å². The van der Waals surface area contributed by atoms with E-state index in [-0.39, 0.29) is 0 Å². The number of nitrogens with two attached hydrogens (primary N) is 2. The molecular weight excluding hydrogens is 412 g/mol. The molecule has 2 aliphatic rings. The van der Waals surface area contributed by atoms with Gasteiger partial charge in [-0.15, -0.1) is 5.10 Å². The van der Waals surface area contributed by atoms with Gasteiger partial charge >= 0.3 is 0 Å². The summed E-state index contributed by atoms with van der Waals surface area (Å²) in [6.45, 7) is 11.2. The molecule has 2 saturated heterocycles. The SMILES string of the molecule is CCCc1cc(OCCCC2CCN(/C(N)=N/N(N)CCN3CCCC3)CC2)ccc1CC. The predicted molar refractivity (Wildman–Crippen MR) is 137 cm³/mol. The molecule has 4 N–H and O–H groups in total. The molecule has 1 aromatic rings. The molecule has 7 nitrogen and oxygen atoms in total. The zero-order valence-corrected chi connectivity index (χ0v) is 21.0.